The molecular weight excluding hydrogens is 255 g/mol. The van der Waals surface area contributed by atoms with Crippen molar-refractivity contribution in [2.75, 3.05) is 7.11 Å². The van der Waals surface area contributed by atoms with Gasteiger partial charge >= 0.3 is 5.69 Å². The van der Waals surface area contributed by atoms with E-state index >= 15 is 0 Å². The first-order chi connectivity index (χ1) is 5.27. The lowest BCUT2D eigenvalue weighted by Gasteiger charge is -1.94. The predicted octanol–water partition coefficient (Wildman–Crippen LogP) is 2.78. The normalized spacial score (nSPS) is 8.82. The maximum atomic E-state index is 8.48. The van der Waals surface area contributed by atoms with Crippen LogP contribution in [0.4, 0.5) is 5.69 Å². The molecule has 0 aliphatic heterocycles. The summed E-state index contributed by atoms with van der Waals surface area (Å²) in [6.07, 6.45) is 0. The number of methoxy groups -OCH3 is 1. The molecule has 0 heterocycles. The van der Waals surface area contributed by atoms with E-state index in [1.54, 1.807) is 19.2 Å². The van der Waals surface area contributed by atoms with Gasteiger partial charge in [0.2, 0.25) is 11.1 Å². The number of halogens is 1. The number of diazo groups is 1. The van der Waals surface area contributed by atoms with Gasteiger partial charge in [-0.3, -0.25) is 0 Å². The second-order valence-corrected chi connectivity index (χ2v) is 3.16. The van der Waals surface area contributed by atoms with Gasteiger partial charge in [-0.2, -0.15) is 0 Å². The van der Waals surface area contributed by atoms with Crippen molar-refractivity contribution in [1.29, 1.82) is 5.39 Å². The molecule has 4 heteroatoms. The standard InChI is InChI=1S/C7H6IN2O/c1-11-7-4-5(8)2-3-6(7)10-9/h2-4H,1H3/q+1. The zero-order valence-corrected chi connectivity index (χ0v) is 8.07. The van der Waals surface area contributed by atoms with Gasteiger partial charge in [-0.25, -0.2) is 0 Å². The zero-order chi connectivity index (χ0) is 8.27. The van der Waals surface area contributed by atoms with Crippen LogP contribution in [0.3, 0.4) is 0 Å². The Labute approximate surface area is 78.1 Å². The van der Waals surface area contributed by atoms with Crippen LogP contribution in [0.15, 0.2) is 18.2 Å². The van der Waals surface area contributed by atoms with Crippen LogP contribution in [0.2, 0.25) is 0 Å². The molecule has 1 aromatic rings. The lowest BCUT2D eigenvalue weighted by molar-refractivity contribution is 0.417. The molecule has 3 nitrogen and oxygen atoms in total. The molecule has 0 atom stereocenters. The van der Waals surface area contributed by atoms with Crippen molar-refractivity contribution in [3.05, 3.63) is 26.7 Å². The number of nitrogens with zero attached hydrogens (tertiary/aromatic N) is 2. The summed E-state index contributed by atoms with van der Waals surface area (Å²) in [4.78, 5) is 3.05. The highest BCUT2D eigenvalue weighted by Crippen LogP contribution is 2.28. The van der Waals surface area contributed by atoms with E-state index in [-0.39, 0.29) is 0 Å². The van der Waals surface area contributed by atoms with Gasteiger partial charge in [0.1, 0.15) is 0 Å². The molecule has 0 aromatic heterocycles. The highest BCUT2D eigenvalue weighted by Gasteiger charge is 2.13. The minimum atomic E-state index is 0.452. The van der Waals surface area contributed by atoms with Crippen molar-refractivity contribution in [2.24, 2.45) is 0 Å². The van der Waals surface area contributed by atoms with Gasteiger partial charge in [0.05, 0.1) is 7.11 Å². The van der Waals surface area contributed by atoms with Gasteiger partial charge in [-0.15, -0.1) is 0 Å². The summed E-state index contributed by atoms with van der Waals surface area (Å²) in [5.74, 6) is 0.583. The molecule has 1 aromatic carbocycles. The van der Waals surface area contributed by atoms with Gasteiger partial charge in [-0.05, 0) is 28.7 Å². The first-order valence-electron chi connectivity index (χ1n) is 2.96. The van der Waals surface area contributed by atoms with Crippen LogP contribution in [0.1, 0.15) is 0 Å². The molecule has 1 rings (SSSR count). The van der Waals surface area contributed by atoms with Crippen LogP contribution in [-0.2, 0) is 0 Å². The van der Waals surface area contributed by atoms with Gasteiger partial charge in [0, 0.05) is 15.7 Å². The molecule has 0 bridgehead atoms. The average molecular weight is 261 g/mol. The Morgan fingerprint density at radius 2 is 2.27 bits per heavy atom. The van der Waals surface area contributed by atoms with E-state index in [1.165, 1.54) is 0 Å². The number of hydrogen-bond donors (Lipinski definition) is 0. The lowest BCUT2D eigenvalue weighted by Crippen LogP contribution is -1.82. The summed E-state index contributed by atoms with van der Waals surface area (Å²) < 4.78 is 6.01. The molecule has 0 amide bonds. The van der Waals surface area contributed by atoms with Gasteiger partial charge in [0.15, 0.2) is 4.98 Å². The fourth-order valence-electron chi connectivity index (χ4n) is 0.734. The first-order valence-corrected chi connectivity index (χ1v) is 4.04. The summed E-state index contributed by atoms with van der Waals surface area (Å²) in [7, 11) is 1.54. The highest BCUT2D eigenvalue weighted by atomic mass is 127. The van der Waals surface area contributed by atoms with Crippen molar-refractivity contribution in [3.8, 4) is 5.75 Å². The maximum absolute atomic E-state index is 8.48. The topological polar surface area (TPSA) is 37.4 Å². The molecule has 0 N–H and O–H groups in total. The number of benzene rings is 1. The fraction of sp³-hybridized carbons (Fsp3) is 0.143. The van der Waals surface area contributed by atoms with E-state index in [1.807, 2.05) is 6.07 Å². The van der Waals surface area contributed by atoms with Crippen molar-refractivity contribution in [3.63, 3.8) is 0 Å². The van der Waals surface area contributed by atoms with E-state index < -0.39 is 0 Å². The number of hydrogen-bond acceptors (Lipinski definition) is 2. The van der Waals surface area contributed by atoms with E-state index in [9.17, 15) is 0 Å². The molecule has 0 saturated carbocycles. The van der Waals surface area contributed by atoms with Gasteiger partial charge in [0.25, 0.3) is 0 Å². The van der Waals surface area contributed by atoms with Crippen LogP contribution >= 0.6 is 22.6 Å². The molecule has 0 radical (unpaired) electrons. The van der Waals surface area contributed by atoms with Crippen LogP contribution in [-0.4, -0.2) is 7.11 Å². The Morgan fingerprint density at radius 1 is 1.55 bits per heavy atom. The largest absolute Gasteiger partial charge is 0.489 e. The van der Waals surface area contributed by atoms with Crippen molar-refractivity contribution < 1.29 is 4.74 Å². The average Bonchev–Trinajstić information content (AvgIpc) is 2.04. The van der Waals surface area contributed by atoms with Gasteiger partial charge < -0.3 is 4.74 Å². The summed E-state index contributed by atoms with van der Waals surface area (Å²) >= 11 is 2.16. The number of rotatable bonds is 1. The quantitative estimate of drug-likeness (QED) is 0.575. The smallest absolute Gasteiger partial charge is 0.426 e. The Hall–Kier alpha value is -0.830. The summed E-state index contributed by atoms with van der Waals surface area (Å²) in [6.45, 7) is 0. The Balaban J connectivity index is 3.19. The molecule has 0 spiro atoms. The molecule has 0 aliphatic rings. The maximum Gasteiger partial charge on any atom is 0.426 e. The Morgan fingerprint density at radius 3 is 2.82 bits per heavy atom. The van der Waals surface area contributed by atoms with Crippen molar-refractivity contribution in [1.82, 2.24) is 0 Å². The third-order valence-corrected chi connectivity index (χ3v) is 1.92. The molecule has 56 valence electrons. The minimum Gasteiger partial charge on any atom is -0.489 e. The second-order valence-electron chi connectivity index (χ2n) is 1.92. The molecule has 0 saturated heterocycles. The fourth-order valence-corrected chi connectivity index (χ4v) is 1.20. The Kier molecular flexibility index (Phi) is 2.65. The van der Waals surface area contributed by atoms with Crippen LogP contribution in [0.5, 0.6) is 5.75 Å². The zero-order valence-electron chi connectivity index (χ0n) is 5.91. The molecule has 0 aliphatic carbocycles. The van der Waals surface area contributed by atoms with E-state index in [0.717, 1.165) is 3.57 Å². The molecule has 0 unspecified atom stereocenters. The molecule has 0 fully saturated rings. The minimum absolute atomic E-state index is 0.452. The third kappa shape index (κ3) is 1.80. The predicted molar refractivity (Wildman–Crippen MR) is 50.5 cm³/mol. The van der Waals surface area contributed by atoms with Gasteiger partial charge in [-0.1, -0.05) is 0 Å². The van der Waals surface area contributed by atoms with Crippen molar-refractivity contribution in [2.45, 2.75) is 0 Å². The molecular formula is C7H6IN2O+. The highest BCUT2D eigenvalue weighted by molar-refractivity contribution is 14.1. The van der Waals surface area contributed by atoms with E-state index in [0.29, 0.717) is 11.4 Å². The molecule has 11 heavy (non-hydrogen) atoms. The monoisotopic (exact) mass is 261 g/mol. The summed E-state index contributed by atoms with van der Waals surface area (Å²) in [6, 6.07) is 5.34. The SMILES string of the molecule is COc1cc(I)ccc1[N+]#N. The van der Waals surface area contributed by atoms with Crippen molar-refractivity contribution >= 4 is 28.3 Å². The van der Waals surface area contributed by atoms with Crippen LogP contribution < -0.4 is 4.74 Å². The lowest BCUT2D eigenvalue weighted by atomic mass is 10.3. The van der Waals surface area contributed by atoms with Crippen LogP contribution in [0.25, 0.3) is 4.98 Å². The first kappa shape index (κ1) is 8.27. The van der Waals surface area contributed by atoms with E-state index in [2.05, 4.69) is 27.6 Å². The second kappa shape index (κ2) is 3.53. The third-order valence-electron chi connectivity index (χ3n) is 1.25. The number of ether oxygens (including phenoxy) is 1. The van der Waals surface area contributed by atoms with Crippen LogP contribution in [0, 0.1) is 8.96 Å². The Bertz CT molecular complexity index is 306. The van der Waals surface area contributed by atoms with E-state index in [4.69, 9.17) is 10.1 Å². The summed E-state index contributed by atoms with van der Waals surface area (Å²) in [5, 5.41) is 8.48. The summed E-state index contributed by atoms with van der Waals surface area (Å²) in [5.41, 5.74) is 0.452.